The van der Waals surface area contributed by atoms with Crippen LogP contribution in [0.3, 0.4) is 0 Å². The monoisotopic (exact) mass is 320 g/mol. The Labute approximate surface area is 141 Å². The second-order valence-corrected chi connectivity index (χ2v) is 6.26. The van der Waals surface area contributed by atoms with Crippen molar-refractivity contribution < 1.29 is 9.53 Å². The van der Waals surface area contributed by atoms with Crippen molar-refractivity contribution in [1.82, 2.24) is 10.3 Å². The second kappa shape index (κ2) is 10.8. The maximum Gasteiger partial charge on any atom is 0.293 e. The lowest BCUT2D eigenvalue weighted by Gasteiger charge is -2.14. The summed E-state index contributed by atoms with van der Waals surface area (Å²) in [6.45, 7) is 15.1. The van der Waals surface area contributed by atoms with Gasteiger partial charge >= 0.3 is 0 Å². The van der Waals surface area contributed by atoms with Crippen LogP contribution in [0.1, 0.15) is 63.8 Å². The molecule has 0 amide bonds. The minimum atomic E-state index is -0.318. The molecule has 0 saturated heterocycles. The molecule has 4 heteroatoms. The summed E-state index contributed by atoms with van der Waals surface area (Å²) in [5.41, 5.74) is 3.43. The van der Waals surface area contributed by atoms with Gasteiger partial charge in [0, 0.05) is 24.0 Å². The molecule has 4 nitrogen and oxygen atoms in total. The minimum absolute atomic E-state index is 0.318. The molecule has 0 saturated carbocycles. The van der Waals surface area contributed by atoms with Gasteiger partial charge in [0.25, 0.3) is 6.47 Å². The van der Waals surface area contributed by atoms with Crippen molar-refractivity contribution in [2.24, 2.45) is 0 Å². The fraction of sp³-hybridized carbons (Fsp3) is 0.526. The summed E-state index contributed by atoms with van der Waals surface area (Å²) in [6, 6.07) is 0. The number of aromatic amines is 1. The second-order valence-electron chi connectivity index (χ2n) is 6.26. The van der Waals surface area contributed by atoms with Crippen molar-refractivity contribution in [3.8, 4) is 0 Å². The third kappa shape index (κ3) is 7.84. The van der Waals surface area contributed by atoms with Gasteiger partial charge in [-0.15, -0.1) is 0 Å². The highest BCUT2D eigenvalue weighted by molar-refractivity contribution is 5.65. The summed E-state index contributed by atoms with van der Waals surface area (Å²) in [7, 11) is 2.00. The average Bonchev–Trinajstić information content (AvgIpc) is 2.87. The Morgan fingerprint density at radius 1 is 1.43 bits per heavy atom. The van der Waals surface area contributed by atoms with Gasteiger partial charge in [0.1, 0.15) is 5.60 Å². The van der Waals surface area contributed by atoms with Crippen molar-refractivity contribution in [2.45, 2.75) is 52.6 Å². The van der Waals surface area contributed by atoms with E-state index in [4.69, 9.17) is 0 Å². The third-order valence-corrected chi connectivity index (χ3v) is 3.31. The summed E-state index contributed by atoms with van der Waals surface area (Å²) >= 11 is 0. The third-order valence-electron chi connectivity index (χ3n) is 3.31. The fourth-order valence-electron chi connectivity index (χ4n) is 2.20. The Bertz CT molecular complexity index is 496. The van der Waals surface area contributed by atoms with E-state index in [0.717, 1.165) is 18.7 Å². The normalized spacial score (nSPS) is 12.4. The van der Waals surface area contributed by atoms with Gasteiger partial charge in [0.2, 0.25) is 0 Å². The minimum Gasteiger partial charge on any atom is -0.462 e. The number of carbonyl (C=O) groups is 1. The van der Waals surface area contributed by atoms with Crippen LogP contribution in [-0.4, -0.2) is 30.6 Å². The van der Waals surface area contributed by atoms with Gasteiger partial charge in [-0.1, -0.05) is 25.7 Å². The largest absolute Gasteiger partial charge is 0.462 e. The summed E-state index contributed by atoms with van der Waals surface area (Å²) in [5.74, 6) is 0.549. The standard InChI is InChI=1S/C14H22N2.C5H10O2/c1-5-8-14-12(7-3)13(10-16-14)11(6-2)9-15-4;1-5(2,3)7-4-6/h5,7-8,10-11,15-16H,3,6,9H2,1-2,4H3;4H,1-3H3/b8-5-;/t11-;/m0./s1. The zero-order chi connectivity index (χ0) is 17.9. The number of allylic oxidation sites excluding steroid dienone is 1. The average molecular weight is 320 g/mol. The summed E-state index contributed by atoms with van der Waals surface area (Å²) in [6.07, 6.45) is 9.32. The van der Waals surface area contributed by atoms with E-state index in [0.29, 0.717) is 12.4 Å². The number of hydrogen-bond donors (Lipinski definition) is 2. The van der Waals surface area contributed by atoms with E-state index in [9.17, 15) is 4.79 Å². The molecule has 0 bridgehead atoms. The first-order chi connectivity index (χ1) is 10.8. The number of H-pyrrole nitrogens is 1. The summed E-state index contributed by atoms with van der Waals surface area (Å²) in [5, 5.41) is 3.24. The Morgan fingerprint density at radius 3 is 2.43 bits per heavy atom. The molecule has 23 heavy (non-hydrogen) atoms. The van der Waals surface area contributed by atoms with Gasteiger partial charge in [-0.2, -0.15) is 0 Å². The first-order valence-electron chi connectivity index (χ1n) is 8.06. The van der Waals surface area contributed by atoms with E-state index < -0.39 is 0 Å². The highest BCUT2D eigenvalue weighted by Gasteiger charge is 2.14. The SMILES string of the molecule is C=Cc1c([C@@H](CC)CNC)c[nH]c1/C=C\C.CC(C)(C)OC=O. The Hall–Kier alpha value is -1.81. The molecule has 0 unspecified atom stereocenters. The predicted molar refractivity (Wildman–Crippen MR) is 99.5 cm³/mol. The molecule has 0 radical (unpaired) electrons. The quantitative estimate of drug-likeness (QED) is 0.734. The van der Waals surface area contributed by atoms with E-state index >= 15 is 0 Å². The molecule has 0 aliphatic carbocycles. The molecule has 0 fully saturated rings. The number of likely N-dealkylation sites (N-methyl/N-ethyl adjacent to an activating group) is 1. The Morgan fingerprint density at radius 2 is 2.09 bits per heavy atom. The Kier molecular flexibility index (Phi) is 9.99. The molecular formula is C19H32N2O2. The molecule has 0 spiro atoms. The van der Waals surface area contributed by atoms with Crippen LogP contribution < -0.4 is 5.32 Å². The lowest BCUT2D eigenvalue weighted by molar-refractivity contribution is -0.138. The van der Waals surface area contributed by atoms with Crippen molar-refractivity contribution in [1.29, 1.82) is 0 Å². The van der Waals surface area contributed by atoms with Gasteiger partial charge < -0.3 is 15.0 Å². The van der Waals surface area contributed by atoms with E-state index in [1.807, 2.05) is 46.9 Å². The lowest BCUT2D eigenvalue weighted by atomic mass is 9.94. The molecule has 2 N–H and O–H groups in total. The van der Waals surface area contributed by atoms with Gasteiger partial charge in [0.05, 0.1) is 0 Å². The van der Waals surface area contributed by atoms with Crippen molar-refractivity contribution >= 4 is 18.6 Å². The lowest BCUT2D eigenvalue weighted by Crippen LogP contribution is -2.17. The molecule has 1 rings (SSSR count). The van der Waals surface area contributed by atoms with Crippen LogP contribution in [0.4, 0.5) is 0 Å². The van der Waals surface area contributed by atoms with E-state index in [1.54, 1.807) is 0 Å². The zero-order valence-corrected chi connectivity index (χ0v) is 15.4. The maximum atomic E-state index is 9.60. The van der Waals surface area contributed by atoms with Crippen LogP contribution in [0.5, 0.6) is 0 Å². The van der Waals surface area contributed by atoms with Crippen LogP contribution in [0.15, 0.2) is 18.9 Å². The molecule has 130 valence electrons. The van der Waals surface area contributed by atoms with Crippen molar-refractivity contribution in [3.05, 3.63) is 35.7 Å². The summed E-state index contributed by atoms with van der Waals surface area (Å²) in [4.78, 5) is 12.9. The predicted octanol–water partition coefficient (Wildman–Crippen LogP) is 4.36. The van der Waals surface area contributed by atoms with E-state index in [2.05, 4.69) is 40.8 Å². The van der Waals surface area contributed by atoms with Gasteiger partial charge in [-0.3, -0.25) is 4.79 Å². The number of hydrogen-bond acceptors (Lipinski definition) is 3. The van der Waals surface area contributed by atoms with Crippen LogP contribution >= 0.6 is 0 Å². The van der Waals surface area contributed by atoms with Crippen LogP contribution in [0, 0.1) is 0 Å². The van der Waals surface area contributed by atoms with Gasteiger partial charge in [-0.05, 0) is 58.7 Å². The van der Waals surface area contributed by atoms with E-state index in [1.165, 1.54) is 11.1 Å². The first kappa shape index (κ1) is 21.2. The zero-order valence-electron chi connectivity index (χ0n) is 15.4. The first-order valence-corrected chi connectivity index (χ1v) is 8.06. The van der Waals surface area contributed by atoms with Crippen molar-refractivity contribution in [3.63, 3.8) is 0 Å². The number of nitrogens with one attached hydrogen (secondary N) is 2. The molecule has 0 aliphatic rings. The number of ether oxygens (including phenoxy) is 1. The molecule has 1 aromatic heterocycles. The number of rotatable bonds is 7. The smallest absolute Gasteiger partial charge is 0.293 e. The van der Waals surface area contributed by atoms with Crippen LogP contribution in [0.2, 0.25) is 0 Å². The molecule has 1 heterocycles. The van der Waals surface area contributed by atoms with Gasteiger partial charge in [0.15, 0.2) is 0 Å². The topological polar surface area (TPSA) is 54.1 Å². The number of aromatic nitrogens is 1. The van der Waals surface area contributed by atoms with Crippen LogP contribution in [0.25, 0.3) is 12.2 Å². The Balaban J connectivity index is 0.000000585. The number of carbonyl (C=O) groups excluding carboxylic acids is 1. The summed E-state index contributed by atoms with van der Waals surface area (Å²) < 4.78 is 4.55. The fourth-order valence-corrected chi connectivity index (χ4v) is 2.20. The molecule has 0 aromatic carbocycles. The molecule has 1 aromatic rings. The van der Waals surface area contributed by atoms with Crippen LogP contribution in [-0.2, 0) is 9.53 Å². The van der Waals surface area contributed by atoms with Crippen molar-refractivity contribution in [2.75, 3.05) is 13.6 Å². The highest BCUT2D eigenvalue weighted by atomic mass is 16.5. The van der Waals surface area contributed by atoms with Gasteiger partial charge in [-0.25, -0.2) is 0 Å². The highest BCUT2D eigenvalue weighted by Crippen LogP contribution is 2.26. The maximum absolute atomic E-state index is 9.60. The van der Waals surface area contributed by atoms with E-state index in [-0.39, 0.29) is 5.60 Å². The molecular weight excluding hydrogens is 288 g/mol. The molecule has 1 atom stereocenters. The molecule has 0 aliphatic heterocycles.